The minimum atomic E-state index is -0.451. The molecule has 7 N–H and O–H groups in total. The van der Waals surface area contributed by atoms with Crippen molar-refractivity contribution in [3.63, 3.8) is 0 Å². The summed E-state index contributed by atoms with van der Waals surface area (Å²) in [6, 6.07) is 11.1. The molecule has 7 heteroatoms. The molecule has 0 fully saturated rings. The van der Waals surface area contributed by atoms with Gasteiger partial charge in [-0.15, -0.1) is 0 Å². The molecule has 0 aliphatic carbocycles. The number of aryl methyl sites for hydroxylation is 4. The van der Waals surface area contributed by atoms with Crippen LogP contribution in [0.5, 0.6) is 5.75 Å². The number of nitrogens with one attached hydrogen (secondary N) is 2. The van der Waals surface area contributed by atoms with E-state index in [-0.39, 0.29) is 16.9 Å². The van der Waals surface area contributed by atoms with Gasteiger partial charge in [0.2, 0.25) is 0 Å². The Morgan fingerprint density at radius 2 is 0.968 bits per heavy atom. The second-order valence-electron chi connectivity index (χ2n) is 7.72. The zero-order chi connectivity index (χ0) is 22.9. The Balaban J connectivity index is 1.84. The predicted octanol–water partition coefficient (Wildman–Crippen LogP) is 4.29. The molecule has 0 radical (unpaired) electrons. The van der Waals surface area contributed by atoms with Gasteiger partial charge in [-0.05, 0) is 92.4 Å². The lowest BCUT2D eigenvalue weighted by atomic mass is 10.1. The zero-order valence-corrected chi connectivity index (χ0v) is 18.0. The van der Waals surface area contributed by atoms with Crippen LogP contribution in [0.25, 0.3) is 0 Å². The number of amides is 2. The average molecular weight is 418 g/mol. The van der Waals surface area contributed by atoms with E-state index in [0.29, 0.717) is 22.7 Å². The first-order valence-electron chi connectivity index (χ1n) is 9.75. The van der Waals surface area contributed by atoms with Crippen LogP contribution in [0, 0.1) is 27.7 Å². The van der Waals surface area contributed by atoms with Gasteiger partial charge in [-0.3, -0.25) is 9.59 Å². The number of carbonyl (C=O) groups is 2. The first-order valence-corrected chi connectivity index (χ1v) is 9.75. The third-order valence-corrected chi connectivity index (χ3v) is 5.15. The van der Waals surface area contributed by atoms with Gasteiger partial charge in [-0.25, -0.2) is 0 Å². The smallest absolute Gasteiger partial charge is 0.255 e. The summed E-state index contributed by atoms with van der Waals surface area (Å²) in [7, 11) is 0. The van der Waals surface area contributed by atoms with E-state index in [1.165, 1.54) is 18.2 Å². The Hall–Kier alpha value is -4.00. The summed E-state index contributed by atoms with van der Waals surface area (Å²) in [5, 5.41) is 15.6. The van der Waals surface area contributed by atoms with Crippen molar-refractivity contribution in [3.8, 4) is 5.75 Å². The van der Waals surface area contributed by atoms with Crippen molar-refractivity contribution in [2.24, 2.45) is 0 Å². The second kappa shape index (κ2) is 8.39. The fraction of sp³-hybridized carbons (Fsp3) is 0.167. The first kappa shape index (κ1) is 21.7. The van der Waals surface area contributed by atoms with Gasteiger partial charge in [-0.1, -0.05) is 0 Å². The predicted molar refractivity (Wildman–Crippen MR) is 125 cm³/mol. The topological polar surface area (TPSA) is 130 Å². The van der Waals surface area contributed by atoms with Crippen molar-refractivity contribution in [1.82, 2.24) is 0 Å². The molecule has 0 aliphatic heterocycles. The molecule has 3 rings (SSSR count). The lowest BCUT2D eigenvalue weighted by Crippen LogP contribution is -2.16. The van der Waals surface area contributed by atoms with E-state index in [1.54, 1.807) is 24.3 Å². The van der Waals surface area contributed by atoms with Gasteiger partial charge in [0.15, 0.2) is 0 Å². The number of aromatic hydroxyl groups is 1. The fourth-order valence-electron chi connectivity index (χ4n) is 3.37. The summed E-state index contributed by atoms with van der Waals surface area (Å²) < 4.78 is 0. The molecular weight excluding hydrogens is 392 g/mol. The molecule has 0 saturated carbocycles. The lowest BCUT2D eigenvalue weighted by molar-refractivity contribution is 0.102. The number of phenolic OH excluding ortho intramolecular Hbond substituents is 1. The second-order valence-corrected chi connectivity index (χ2v) is 7.72. The van der Waals surface area contributed by atoms with Gasteiger partial charge < -0.3 is 27.2 Å². The number of nitrogen functional groups attached to an aromatic ring is 2. The Morgan fingerprint density at radius 1 is 0.645 bits per heavy atom. The summed E-state index contributed by atoms with van der Waals surface area (Å²) in [6.45, 7) is 7.43. The fourth-order valence-corrected chi connectivity index (χ4v) is 3.37. The molecule has 160 valence electrons. The molecule has 0 atom stereocenters. The molecular formula is C24H26N4O3. The monoisotopic (exact) mass is 418 g/mol. The molecule has 0 aliphatic rings. The van der Waals surface area contributed by atoms with Gasteiger partial charge in [0.25, 0.3) is 11.8 Å². The van der Waals surface area contributed by atoms with Gasteiger partial charge >= 0.3 is 0 Å². The number of phenols is 1. The molecule has 0 saturated heterocycles. The van der Waals surface area contributed by atoms with E-state index in [0.717, 1.165) is 22.3 Å². The van der Waals surface area contributed by atoms with Gasteiger partial charge in [0.05, 0.1) is 0 Å². The number of hydrogen-bond donors (Lipinski definition) is 5. The van der Waals surface area contributed by atoms with Crippen LogP contribution in [0.3, 0.4) is 0 Å². The number of carbonyl (C=O) groups excluding carboxylic acids is 2. The van der Waals surface area contributed by atoms with E-state index in [1.807, 2.05) is 27.7 Å². The third kappa shape index (κ3) is 4.78. The molecule has 0 spiro atoms. The van der Waals surface area contributed by atoms with Crippen molar-refractivity contribution in [1.29, 1.82) is 0 Å². The maximum atomic E-state index is 12.7. The summed E-state index contributed by atoms with van der Waals surface area (Å²) in [5.74, 6) is -1.09. The number of anilines is 4. The van der Waals surface area contributed by atoms with Crippen molar-refractivity contribution >= 4 is 34.6 Å². The van der Waals surface area contributed by atoms with Crippen LogP contribution >= 0.6 is 0 Å². The van der Waals surface area contributed by atoms with Crippen LogP contribution in [0.15, 0.2) is 42.5 Å². The minimum absolute atomic E-state index is 0.155. The zero-order valence-electron chi connectivity index (χ0n) is 18.0. The average Bonchev–Trinajstić information content (AvgIpc) is 2.69. The van der Waals surface area contributed by atoms with E-state index < -0.39 is 11.8 Å². The van der Waals surface area contributed by atoms with Crippen LogP contribution in [0.4, 0.5) is 22.7 Å². The highest BCUT2D eigenvalue weighted by Crippen LogP contribution is 2.25. The standard InChI is InChI=1S/C24H26N4O3/c1-12-5-18(6-13(2)21(12)25)27-23(30)16-9-17(11-20(29)10-16)24(31)28-19-7-14(3)22(26)15(4)8-19/h5-11,29H,25-26H2,1-4H3,(H,27,30)(H,28,31). The maximum absolute atomic E-state index is 12.7. The van der Waals surface area contributed by atoms with Gasteiger partial charge in [0.1, 0.15) is 5.75 Å². The largest absolute Gasteiger partial charge is 0.508 e. The summed E-state index contributed by atoms with van der Waals surface area (Å²) >= 11 is 0. The molecule has 7 nitrogen and oxygen atoms in total. The number of hydrogen-bond acceptors (Lipinski definition) is 5. The number of nitrogens with two attached hydrogens (primary N) is 2. The Kier molecular flexibility index (Phi) is 5.88. The van der Waals surface area contributed by atoms with Crippen molar-refractivity contribution < 1.29 is 14.7 Å². The molecule has 0 heterocycles. The first-order chi connectivity index (χ1) is 14.5. The Bertz CT molecular complexity index is 1070. The highest BCUT2D eigenvalue weighted by Gasteiger charge is 2.15. The van der Waals surface area contributed by atoms with Crippen LogP contribution in [-0.2, 0) is 0 Å². The number of rotatable bonds is 4. The lowest BCUT2D eigenvalue weighted by Gasteiger charge is -2.12. The van der Waals surface area contributed by atoms with E-state index in [4.69, 9.17) is 11.5 Å². The molecule has 3 aromatic rings. The Morgan fingerprint density at radius 3 is 1.29 bits per heavy atom. The number of benzene rings is 3. The van der Waals surface area contributed by atoms with Crippen LogP contribution in [0.1, 0.15) is 43.0 Å². The molecule has 2 amide bonds. The van der Waals surface area contributed by atoms with E-state index >= 15 is 0 Å². The summed E-state index contributed by atoms with van der Waals surface area (Å²) in [6.07, 6.45) is 0. The molecule has 0 aromatic heterocycles. The molecule has 31 heavy (non-hydrogen) atoms. The highest BCUT2D eigenvalue weighted by molar-refractivity contribution is 6.09. The van der Waals surface area contributed by atoms with E-state index in [2.05, 4.69) is 10.6 Å². The normalized spacial score (nSPS) is 10.6. The summed E-state index contributed by atoms with van der Waals surface area (Å²) in [5.41, 5.74) is 18.1. The van der Waals surface area contributed by atoms with Crippen LogP contribution in [0.2, 0.25) is 0 Å². The van der Waals surface area contributed by atoms with Crippen molar-refractivity contribution in [2.75, 3.05) is 22.1 Å². The minimum Gasteiger partial charge on any atom is -0.508 e. The SMILES string of the molecule is Cc1cc(NC(=O)c2cc(O)cc(C(=O)Nc3cc(C)c(N)c(C)c3)c2)cc(C)c1N. The third-order valence-electron chi connectivity index (χ3n) is 5.15. The van der Waals surface area contributed by atoms with Gasteiger partial charge in [0, 0.05) is 33.9 Å². The maximum Gasteiger partial charge on any atom is 0.255 e. The Labute approximate surface area is 181 Å². The van der Waals surface area contributed by atoms with E-state index in [9.17, 15) is 14.7 Å². The van der Waals surface area contributed by atoms with Crippen LogP contribution < -0.4 is 22.1 Å². The van der Waals surface area contributed by atoms with Crippen LogP contribution in [-0.4, -0.2) is 16.9 Å². The van der Waals surface area contributed by atoms with Gasteiger partial charge in [-0.2, -0.15) is 0 Å². The van der Waals surface area contributed by atoms with Crippen molar-refractivity contribution in [2.45, 2.75) is 27.7 Å². The quantitative estimate of drug-likeness (QED) is 0.403. The summed E-state index contributed by atoms with van der Waals surface area (Å²) in [4.78, 5) is 25.5. The molecule has 3 aromatic carbocycles. The van der Waals surface area contributed by atoms with Crippen molar-refractivity contribution in [3.05, 3.63) is 75.8 Å². The molecule has 0 unspecified atom stereocenters. The molecule has 0 bridgehead atoms. The highest BCUT2D eigenvalue weighted by atomic mass is 16.3.